The first-order valence-corrected chi connectivity index (χ1v) is 8.81. The van der Waals surface area contributed by atoms with E-state index in [4.69, 9.17) is 23.2 Å². The molecule has 0 aliphatic heterocycles. The van der Waals surface area contributed by atoms with Gasteiger partial charge in [0, 0.05) is 24.3 Å². The summed E-state index contributed by atoms with van der Waals surface area (Å²) in [5, 5.41) is 8.33. The molecule has 0 radical (unpaired) electrons. The van der Waals surface area contributed by atoms with Gasteiger partial charge < -0.3 is 5.32 Å². The van der Waals surface area contributed by atoms with Crippen molar-refractivity contribution in [2.75, 3.05) is 5.32 Å². The first-order chi connectivity index (χ1) is 11.3. The number of nitrogens with zero attached hydrogens (tertiary/aromatic N) is 2. The zero-order valence-electron chi connectivity index (χ0n) is 14.5. The number of benzene rings is 1. The normalized spacial score (nSPS) is 11.1. The zero-order valence-corrected chi connectivity index (χ0v) is 16.0. The van der Waals surface area contributed by atoms with Crippen LogP contribution in [0.3, 0.4) is 0 Å². The van der Waals surface area contributed by atoms with E-state index in [1.807, 2.05) is 11.6 Å². The van der Waals surface area contributed by atoms with E-state index in [1.54, 1.807) is 18.2 Å². The van der Waals surface area contributed by atoms with Crippen molar-refractivity contribution in [1.29, 1.82) is 0 Å². The molecule has 130 valence electrons. The zero-order chi connectivity index (χ0) is 17.9. The third-order valence-corrected chi connectivity index (χ3v) is 4.61. The van der Waals surface area contributed by atoms with Crippen molar-refractivity contribution in [1.82, 2.24) is 9.78 Å². The van der Waals surface area contributed by atoms with E-state index in [9.17, 15) is 4.79 Å². The molecule has 2 aromatic rings. The summed E-state index contributed by atoms with van der Waals surface area (Å²) in [4.78, 5) is 12.2. The first-order valence-electron chi connectivity index (χ1n) is 8.05. The fourth-order valence-corrected chi connectivity index (χ4v) is 2.95. The highest BCUT2D eigenvalue weighted by Gasteiger charge is 2.14. The van der Waals surface area contributed by atoms with Crippen molar-refractivity contribution < 1.29 is 4.79 Å². The highest BCUT2D eigenvalue weighted by atomic mass is 35.5. The highest BCUT2D eigenvalue weighted by molar-refractivity contribution is 6.42. The molecule has 0 atom stereocenters. The lowest BCUT2D eigenvalue weighted by Gasteiger charge is -2.08. The van der Waals surface area contributed by atoms with Gasteiger partial charge in [0.05, 0.1) is 15.7 Å². The molecular weight excluding hydrogens is 345 g/mol. The molecule has 0 spiro atoms. The van der Waals surface area contributed by atoms with Crippen molar-refractivity contribution in [2.45, 2.75) is 47.1 Å². The van der Waals surface area contributed by atoms with E-state index in [0.717, 1.165) is 23.5 Å². The standard InChI is InChI=1S/C18H23Cl2N3O/c1-11(2)10-23-13(4)15(12(3)22-23)6-8-18(24)21-14-5-7-16(19)17(20)9-14/h5,7,9,11H,6,8,10H2,1-4H3,(H,21,24). The average molecular weight is 368 g/mol. The Balaban J connectivity index is 1.98. The number of aromatic nitrogens is 2. The van der Waals surface area contributed by atoms with Crippen LogP contribution in [0.15, 0.2) is 18.2 Å². The molecule has 0 aliphatic carbocycles. The number of nitrogens with one attached hydrogen (secondary N) is 1. The van der Waals surface area contributed by atoms with Gasteiger partial charge in [0.1, 0.15) is 0 Å². The monoisotopic (exact) mass is 367 g/mol. The molecule has 4 nitrogen and oxygen atoms in total. The lowest BCUT2D eigenvalue weighted by atomic mass is 10.1. The third kappa shape index (κ3) is 4.74. The Kier molecular flexibility index (Phi) is 6.30. The van der Waals surface area contributed by atoms with Crippen LogP contribution in [0.5, 0.6) is 0 Å². The maximum atomic E-state index is 12.2. The van der Waals surface area contributed by atoms with Gasteiger partial charge in [-0.05, 0) is 49.9 Å². The fraction of sp³-hybridized carbons (Fsp3) is 0.444. The van der Waals surface area contributed by atoms with Crippen molar-refractivity contribution >= 4 is 34.8 Å². The number of carbonyl (C=O) groups excluding carboxylic acids is 1. The maximum absolute atomic E-state index is 12.2. The Morgan fingerprint density at radius 3 is 2.58 bits per heavy atom. The minimum atomic E-state index is -0.0520. The van der Waals surface area contributed by atoms with Crippen LogP contribution in [0.4, 0.5) is 5.69 Å². The van der Waals surface area contributed by atoms with Crippen LogP contribution in [0, 0.1) is 19.8 Å². The number of carbonyl (C=O) groups is 1. The Bertz CT molecular complexity index is 738. The number of anilines is 1. The molecule has 1 heterocycles. The molecule has 1 N–H and O–H groups in total. The first kappa shape index (κ1) is 18.8. The molecule has 0 bridgehead atoms. The van der Waals surface area contributed by atoms with Crippen LogP contribution in [0.25, 0.3) is 0 Å². The minimum absolute atomic E-state index is 0.0520. The van der Waals surface area contributed by atoms with Gasteiger partial charge in [-0.25, -0.2) is 0 Å². The SMILES string of the molecule is Cc1nn(CC(C)C)c(C)c1CCC(=O)Nc1ccc(Cl)c(Cl)c1. The van der Waals surface area contributed by atoms with Gasteiger partial charge in [0.25, 0.3) is 0 Å². The number of amides is 1. The number of rotatable bonds is 6. The summed E-state index contributed by atoms with van der Waals surface area (Å²) in [6, 6.07) is 5.06. The van der Waals surface area contributed by atoms with Crippen molar-refractivity contribution in [2.24, 2.45) is 5.92 Å². The second kappa shape index (κ2) is 8.04. The fourth-order valence-electron chi connectivity index (χ4n) is 2.66. The van der Waals surface area contributed by atoms with E-state index in [0.29, 0.717) is 34.5 Å². The molecule has 0 aliphatic rings. The second-order valence-electron chi connectivity index (χ2n) is 6.40. The van der Waals surface area contributed by atoms with Crippen molar-refractivity contribution in [3.05, 3.63) is 45.2 Å². The number of hydrogen-bond donors (Lipinski definition) is 1. The molecule has 1 aromatic heterocycles. The van der Waals surface area contributed by atoms with Gasteiger partial charge in [-0.15, -0.1) is 0 Å². The van der Waals surface area contributed by atoms with Crippen molar-refractivity contribution in [3.63, 3.8) is 0 Å². The van der Waals surface area contributed by atoms with Crippen LogP contribution in [0.1, 0.15) is 37.2 Å². The Morgan fingerprint density at radius 1 is 1.25 bits per heavy atom. The maximum Gasteiger partial charge on any atom is 0.224 e. The van der Waals surface area contributed by atoms with Crippen LogP contribution >= 0.6 is 23.2 Å². The molecule has 0 saturated heterocycles. The smallest absolute Gasteiger partial charge is 0.224 e. The average Bonchev–Trinajstić information content (AvgIpc) is 2.74. The molecule has 0 fully saturated rings. The lowest BCUT2D eigenvalue weighted by molar-refractivity contribution is -0.116. The molecule has 0 saturated carbocycles. The summed E-state index contributed by atoms with van der Waals surface area (Å²) < 4.78 is 2.03. The lowest BCUT2D eigenvalue weighted by Crippen LogP contribution is -2.13. The predicted molar refractivity (Wildman–Crippen MR) is 100.0 cm³/mol. The van der Waals surface area contributed by atoms with E-state index < -0.39 is 0 Å². The predicted octanol–water partition coefficient (Wildman–Crippen LogP) is 5.03. The molecule has 2 rings (SSSR count). The Morgan fingerprint density at radius 2 is 1.96 bits per heavy atom. The third-order valence-electron chi connectivity index (χ3n) is 3.87. The summed E-state index contributed by atoms with van der Waals surface area (Å²) in [6.07, 6.45) is 1.07. The van der Waals surface area contributed by atoms with Gasteiger partial charge in [-0.3, -0.25) is 9.48 Å². The molecule has 1 amide bonds. The molecular formula is C18H23Cl2N3O. The van der Waals surface area contributed by atoms with E-state index in [-0.39, 0.29) is 5.91 Å². The van der Waals surface area contributed by atoms with Crippen LogP contribution in [-0.2, 0) is 17.8 Å². The summed E-state index contributed by atoms with van der Waals surface area (Å²) in [5.41, 5.74) is 3.94. The summed E-state index contributed by atoms with van der Waals surface area (Å²) in [7, 11) is 0. The second-order valence-corrected chi connectivity index (χ2v) is 7.22. The Labute approximate surface area is 153 Å². The highest BCUT2D eigenvalue weighted by Crippen LogP contribution is 2.25. The van der Waals surface area contributed by atoms with Crippen molar-refractivity contribution in [3.8, 4) is 0 Å². The van der Waals surface area contributed by atoms with Crippen LogP contribution < -0.4 is 5.32 Å². The van der Waals surface area contributed by atoms with Crippen LogP contribution in [0.2, 0.25) is 10.0 Å². The van der Waals surface area contributed by atoms with Crippen LogP contribution in [-0.4, -0.2) is 15.7 Å². The van der Waals surface area contributed by atoms with E-state index in [1.165, 1.54) is 0 Å². The summed E-state index contributed by atoms with van der Waals surface area (Å²) >= 11 is 11.8. The topological polar surface area (TPSA) is 46.9 Å². The van der Waals surface area contributed by atoms with Gasteiger partial charge in [-0.1, -0.05) is 37.0 Å². The van der Waals surface area contributed by atoms with Gasteiger partial charge in [0.15, 0.2) is 0 Å². The van der Waals surface area contributed by atoms with Gasteiger partial charge in [-0.2, -0.15) is 5.10 Å². The van der Waals surface area contributed by atoms with E-state index in [2.05, 4.69) is 31.2 Å². The number of halogens is 2. The van der Waals surface area contributed by atoms with E-state index >= 15 is 0 Å². The summed E-state index contributed by atoms with van der Waals surface area (Å²) in [6.45, 7) is 9.29. The van der Waals surface area contributed by atoms with Gasteiger partial charge >= 0.3 is 0 Å². The molecule has 24 heavy (non-hydrogen) atoms. The summed E-state index contributed by atoms with van der Waals surface area (Å²) in [5.74, 6) is 0.484. The number of hydrogen-bond acceptors (Lipinski definition) is 2. The number of aryl methyl sites for hydroxylation is 1. The Hall–Kier alpha value is -1.52. The molecule has 0 unspecified atom stereocenters. The minimum Gasteiger partial charge on any atom is -0.326 e. The largest absolute Gasteiger partial charge is 0.326 e. The molecule has 1 aromatic carbocycles. The van der Waals surface area contributed by atoms with Gasteiger partial charge in [0.2, 0.25) is 5.91 Å². The quantitative estimate of drug-likeness (QED) is 0.777. The molecule has 6 heteroatoms.